The van der Waals surface area contributed by atoms with E-state index in [9.17, 15) is 4.79 Å². The second-order valence-electron chi connectivity index (χ2n) is 5.63. The van der Waals surface area contributed by atoms with Gasteiger partial charge in [0.15, 0.2) is 0 Å². The number of hydrogen-bond acceptors (Lipinski definition) is 3. The SMILES string of the molecule is Cc1cc(C)c(NC(=O)CN(C)Cc2ccsc2)c(C)c1. The van der Waals surface area contributed by atoms with Crippen LogP contribution in [0.2, 0.25) is 0 Å². The molecule has 1 aromatic carbocycles. The van der Waals surface area contributed by atoms with Crippen molar-refractivity contribution in [3.05, 3.63) is 51.2 Å². The largest absolute Gasteiger partial charge is 0.324 e. The molecule has 0 saturated carbocycles. The zero-order valence-corrected chi connectivity index (χ0v) is 13.9. The minimum absolute atomic E-state index is 0.0304. The normalized spacial score (nSPS) is 10.9. The van der Waals surface area contributed by atoms with Crippen LogP contribution in [0.4, 0.5) is 5.69 Å². The topological polar surface area (TPSA) is 32.3 Å². The van der Waals surface area contributed by atoms with Crippen LogP contribution in [0.3, 0.4) is 0 Å². The predicted octanol–water partition coefficient (Wildman–Crippen LogP) is 3.74. The molecule has 1 N–H and O–H groups in total. The first-order chi connectivity index (χ1) is 9.95. The monoisotopic (exact) mass is 302 g/mol. The Morgan fingerprint density at radius 1 is 1.24 bits per heavy atom. The van der Waals surface area contributed by atoms with E-state index in [1.54, 1.807) is 11.3 Å². The molecule has 112 valence electrons. The number of benzene rings is 1. The maximum Gasteiger partial charge on any atom is 0.238 e. The second-order valence-corrected chi connectivity index (χ2v) is 6.41. The summed E-state index contributed by atoms with van der Waals surface area (Å²) in [5.41, 5.74) is 5.63. The third-order valence-electron chi connectivity index (χ3n) is 3.39. The van der Waals surface area contributed by atoms with E-state index in [2.05, 4.69) is 41.2 Å². The van der Waals surface area contributed by atoms with Gasteiger partial charge < -0.3 is 5.32 Å². The number of nitrogens with zero attached hydrogens (tertiary/aromatic N) is 1. The lowest BCUT2D eigenvalue weighted by Gasteiger charge is -2.17. The van der Waals surface area contributed by atoms with Crippen LogP contribution >= 0.6 is 11.3 Å². The third kappa shape index (κ3) is 4.41. The minimum Gasteiger partial charge on any atom is -0.324 e. The maximum absolute atomic E-state index is 12.2. The number of nitrogens with one attached hydrogen (secondary N) is 1. The predicted molar refractivity (Wildman–Crippen MR) is 89.9 cm³/mol. The number of anilines is 1. The molecule has 2 rings (SSSR count). The summed E-state index contributed by atoms with van der Waals surface area (Å²) in [6, 6.07) is 6.28. The van der Waals surface area contributed by atoms with Gasteiger partial charge in [0.1, 0.15) is 0 Å². The lowest BCUT2D eigenvalue weighted by molar-refractivity contribution is -0.117. The molecular weight excluding hydrogens is 280 g/mol. The molecule has 1 aromatic heterocycles. The molecule has 0 atom stereocenters. The van der Waals surface area contributed by atoms with Gasteiger partial charge in [-0.2, -0.15) is 11.3 Å². The first kappa shape index (κ1) is 15.7. The number of likely N-dealkylation sites (N-methyl/N-ethyl adjacent to an activating group) is 1. The Kier molecular flexibility index (Phi) is 5.15. The van der Waals surface area contributed by atoms with Crippen molar-refractivity contribution < 1.29 is 4.79 Å². The number of aryl methyl sites for hydroxylation is 3. The number of thiophene rings is 1. The van der Waals surface area contributed by atoms with Crippen molar-refractivity contribution in [2.24, 2.45) is 0 Å². The Labute approximate surface area is 130 Å². The molecule has 1 amide bonds. The highest BCUT2D eigenvalue weighted by molar-refractivity contribution is 7.07. The highest BCUT2D eigenvalue weighted by Gasteiger charge is 2.11. The molecule has 0 bridgehead atoms. The van der Waals surface area contributed by atoms with Crippen LogP contribution in [0.15, 0.2) is 29.0 Å². The van der Waals surface area contributed by atoms with Gasteiger partial charge in [-0.3, -0.25) is 9.69 Å². The lowest BCUT2D eigenvalue weighted by Crippen LogP contribution is -2.30. The van der Waals surface area contributed by atoms with E-state index in [4.69, 9.17) is 0 Å². The van der Waals surface area contributed by atoms with Crippen molar-refractivity contribution in [2.45, 2.75) is 27.3 Å². The first-order valence-electron chi connectivity index (χ1n) is 7.03. The van der Waals surface area contributed by atoms with Crippen LogP contribution in [0.5, 0.6) is 0 Å². The molecule has 4 heteroatoms. The number of amides is 1. The second kappa shape index (κ2) is 6.87. The summed E-state index contributed by atoms with van der Waals surface area (Å²) in [6.45, 7) is 7.32. The first-order valence-corrected chi connectivity index (χ1v) is 7.97. The molecule has 0 fully saturated rings. The van der Waals surface area contributed by atoms with E-state index in [0.717, 1.165) is 23.4 Å². The molecular formula is C17H22N2OS. The minimum atomic E-state index is 0.0304. The quantitative estimate of drug-likeness (QED) is 0.912. The fourth-order valence-electron chi connectivity index (χ4n) is 2.55. The Hall–Kier alpha value is -1.65. The lowest BCUT2D eigenvalue weighted by atomic mass is 10.1. The highest BCUT2D eigenvalue weighted by Crippen LogP contribution is 2.21. The van der Waals surface area contributed by atoms with Crippen LogP contribution < -0.4 is 5.32 Å². The Morgan fingerprint density at radius 3 is 2.48 bits per heavy atom. The Balaban J connectivity index is 1.95. The van der Waals surface area contributed by atoms with Crippen LogP contribution in [-0.2, 0) is 11.3 Å². The fourth-order valence-corrected chi connectivity index (χ4v) is 3.21. The zero-order valence-electron chi connectivity index (χ0n) is 13.1. The molecule has 0 aliphatic heterocycles. The number of rotatable bonds is 5. The van der Waals surface area contributed by atoms with Gasteiger partial charge in [0.2, 0.25) is 5.91 Å². The zero-order chi connectivity index (χ0) is 15.4. The standard InChI is InChI=1S/C17H22N2OS/c1-12-7-13(2)17(14(3)8-12)18-16(20)10-19(4)9-15-5-6-21-11-15/h5-8,11H,9-10H2,1-4H3,(H,18,20). The molecule has 0 saturated heterocycles. The smallest absolute Gasteiger partial charge is 0.238 e. The summed E-state index contributed by atoms with van der Waals surface area (Å²) in [5, 5.41) is 7.21. The Bertz CT molecular complexity index is 597. The van der Waals surface area contributed by atoms with Gasteiger partial charge in [-0.25, -0.2) is 0 Å². The average Bonchev–Trinajstić information content (AvgIpc) is 2.86. The van der Waals surface area contributed by atoms with Gasteiger partial charge in [0.05, 0.1) is 6.54 Å². The number of hydrogen-bond donors (Lipinski definition) is 1. The van der Waals surface area contributed by atoms with Gasteiger partial charge in [0.25, 0.3) is 0 Å². The van der Waals surface area contributed by atoms with Gasteiger partial charge in [-0.05, 0) is 61.3 Å². The van der Waals surface area contributed by atoms with Crippen molar-refractivity contribution in [1.29, 1.82) is 0 Å². The molecule has 0 radical (unpaired) electrons. The summed E-state index contributed by atoms with van der Waals surface area (Å²) >= 11 is 1.68. The fraction of sp³-hybridized carbons (Fsp3) is 0.353. The summed E-state index contributed by atoms with van der Waals surface area (Å²) in [4.78, 5) is 14.2. The van der Waals surface area contributed by atoms with Gasteiger partial charge in [-0.1, -0.05) is 17.7 Å². The van der Waals surface area contributed by atoms with Crippen LogP contribution in [0.1, 0.15) is 22.3 Å². The molecule has 0 aliphatic carbocycles. The molecule has 0 aliphatic rings. The van der Waals surface area contributed by atoms with E-state index in [0.29, 0.717) is 6.54 Å². The van der Waals surface area contributed by atoms with Crippen LogP contribution in [0.25, 0.3) is 0 Å². The Morgan fingerprint density at radius 2 is 1.90 bits per heavy atom. The van der Waals surface area contributed by atoms with Crippen LogP contribution in [0, 0.1) is 20.8 Å². The number of carbonyl (C=O) groups is 1. The van der Waals surface area contributed by atoms with E-state index < -0.39 is 0 Å². The summed E-state index contributed by atoms with van der Waals surface area (Å²) in [5.74, 6) is 0.0304. The van der Waals surface area contributed by atoms with Gasteiger partial charge >= 0.3 is 0 Å². The van der Waals surface area contributed by atoms with E-state index in [1.807, 2.05) is 25.8 Å². The van der Waals surface area contributed by atoms with E-state index >= 15 is 0 Å². The highest BCUT2D eigenvalue weighted by atomic mass is 32.1. The van der Waals surface area contributed by atoms with Crippen molar-refractivity contribution in [1.82, 2.24) is 4.90 Å². The molecule has 2 aromatic rings. The number of carbonyl (C=O) groups excluding carboxylic acids is 1. The van der Waals surface area contributed by atoms with E-state index in [1.165, 1.54) is 11.1 Å². The van der Waals surface area contributed by atoms with Crippen molar-refractivity contribution >= 4 is 22.9 Å². The molecule has 21 heavy (non-hydrogen) atoms. The maximum atomic E-state index is 12.2. The van der Waals surface area contributed by atoms with Crippen molar-refractivity contribution in [2.75, 3.05) is 18.9 Å². The van der Waals surface area contributed by atoms with Crippen molar-refractivity contribution in [3.63, 3.8) is 0 Å². The third-order valence-corrected chi connectivity index (χ3v) is 4.12. The van der Waals surface area contributed by atoms with E-state index in [-0.39, 0.29) is 5.91 Å². The average molecular weight is 302 g/mol. The molecule has 0 spiro atoms. The van der Waals surface area contributed by atoms with Crippen molar-refractivity contribution in [3.8, 4) is 0 Å². The molecule has 3 nitrogen and oxygen atoms in total. The summed E-state index contributed by atoms with van der Waals surface area (Å²) in [7, 11) is 1.96. The summed E-state index contributed by atoms with van der Waals surface area (Å²) < 4.78 is 0. The van der Waals surface area contributed by atoms with Crippen LogP contribution in [-0.4, -0.2) is 24.4 Å². The summed E-state index contributed by atoms with van der Waals surface area (Å²) in [6.07, 6.45) is 0. The molecule has 0 unspecified atom stereocenters. The van der Waals surface area contributed by atoms with Gasteiger partial charge in [0, 0.05) is 12.2 Å². The van der Waals surface area contributed by atoms with Gasteiger partial charge in [-0.15, -0.1) is 0 Å². The molecule has 1 heterocycles.